The summed E-state index contributed by atoms with van der Waals surface area (Å²) in [4.78, 5) is 40.9. The van der Waals surface area contributed by atoms with Gasteiger partial charge in [0.05, 0.1) is 24.8 Å². The Morgan fingerprint density at radius 1 is 1.19 bits per heavy atom. The molecular weight excluding hydrogens is 710 g/mol. The molecule has 4 aliphatic heterocycles. The van der Waals surface area contributed by atoms with E-state index in [0.29, 0.717) is 5.56 Å². The van der Waals surface area contributed by atoms with E-state index >= 15 is 0 Å². The largest absolute Gasteiger partial charge is 0.506 e. The maximum Gasteiger partial charge on any atom is 0.409 e. The highest BCUT2D eigenvalue weighted by Gasteiger charge is 2.64. The Bertz CT molecular complexity index is 1590. The summed E-state index contributed by atoms with van der Waals surface area (Å²) in [5, 5.41) is 69.4. The molecule has 3 fully saturated rings. The van der Waals surface area contributed by atoms with Crippen LogP contribution in [-0.2, 0) is 34.9 Å². The molecule has 0 unspecified atom stereocenters. The van der Waals surface area contributed by atoms with Crippen LogP contribution < -0.4 is 15.5 Å². The number of nitrogens with one attached hydrogen (secondary N) is 2. The van der Waals surface area contributed by atoms with Gasteiger partial charge in [0.15, 0.2) is 12.0 Å². The Balaban J connectivity index is 1.66. The van der Waals surface area contributed by atoms with Gasteiger partial charge in [-0.15, -0.1) is 0 Å². The van der Waals surface area contributed by atoms with E-state index < -0.39 is 109 Å². The fourth-order valence-electron chi connectivity index (χ4n) is 7.12. The van der Waals surface area contributed by atoms with Crippen LogP contribution in [0.1, 0.15) is 39.2 Å². The number of hydrogen-bond donors (Lipinski definition) is 8. The molecule has 12 atom stereocenters. The van der Waals surface area contributed by atoms with Gasteiger partial charge in [-0.2, -0.15) is 0 Å². The maximum absolute atomic E-state index is 14.6. The van der Waals surface area contributed by atoms with Crippen molar-refractivity contribution in [2.75, 3.05) is 25.7 Å². The van der Waals surface area contributed by atoms with Gasteiger partial charge in [0, 0.05) is 26.5 Å². The lowest BCUT2D eigenvalue weighted by molar-refractivity contribution is -0.228. The fraction of sp³-hybridized carbons (Fsp3) is 0.618. The highest BCUT2D eigenvalue weighted by atomic mass is 35.5. The first-order valence-electron chi connectivity index (χ1n) is 16.8. The summed E-state index contributed by atoms with van der Waals surface area (Å²) >= 11 is 6.62. The number of ether oxygens (including phenoxy) is 5. The standard InChI is InChI=1S/C34H46ClN3O14/c1-15-7-6-8-22(48-5)34(47)13-20(50-32(46)37-34)16(2)29-33(3,52-29)23(51-31(45)36-4)12-24(41)38(18-10-17(9-15)11-19(40)25(18)35)30-28(44)27(43)26(42)21(14-39)49-30/h6-8,10-11,16,20-23,26-30,39-40,42-44,47H,9,12-14H2,1-5H3,(H,36,45)(H,37,46)/b8-6+,15-7+/t16-,20+,21+,22-,23+,26+,27-,28+,29-,30+,33+,34+/m1/s1. The number of benzene rings is 1. The number of anilines is 1. The molecule has 3 saturated heterocycles. The van der Waals surface area contributed by atoms with E-state index in [-0.39, 0.29) is 23.6 Å². The van der Waals surface area contributed by atoms with E-state index in [0.717, 1.165) is 10.5 Å². The van der Waals surface area contributed by atoms with Crippen LogP contribution in [0.5, 0.6) is 5.75 Å². The van der Waals surface area contributed by atoms with Crippen molar-refractivity contribution < 1.29 is 68.7 Å². The highest BCUT2D eigenvalue weighted by Crippen LogP contribution is 2.49. The van der Waals surface area contributed by atoms with E-state index in [4.69, 9.17) is 35.3 Å². The molecule has 3 amide bonds. The molecule has 0 aromatic heterocycles. The van der Waals surface area contributed by atoms with Crippen LogP contribution in [0.4, 0.5) is 15.3 Å². The normalized spacial score (nSPS) is 40.0. The molecule has 5 rings (SSSR count). The summed E-state index contributed by atoms with van der Waals surface area (Å²) in [7, 11) is 2.68. The summed E-state index contributed by atoms with van der Waals surface area (Å²) < 4.78 is 28.7. The highest BCUT2D eigenvalue weighted by molar-refractivity contribution is 6.35. The van der Waals surface area contributed by atoms with Crippen molar-refractivity contribution >= 4 is 35.4 Å². The number of phenols is 1. The molecule has 0 spiro atoms. The van der Waals surface area contributed by atoms with E-state index in [1.807, 2.05) is 0 Å². The lowest BCUT2D eigenvalue weighted by atomic mass is 9.83. The number of fused-ring (bicyclic) bond motifs is 5. The fourth-order valence-corrected chi connectivity index (χ4v) is 7.32. The zero-order chi connectivity index (χ0) is 38.3. The Kier molecular flexibility index (Phi) is 11.8. The Labute approximate surface area is 304 Å². The summed E-state index contributed by atoms with van der Waals surface area (Å²) in [6, 6.07) is 2.83. The third-order valence-corrected chi connectivity index (χ3v) is 10.5. The summed E-state index contributed by atoms with van der Waals surface area (Å²) in [6.45, 7) is 4.27. The second kappa shape index (κ2) is 15.5. The molecule has 4 bridgehead atoms. The predicted octanol–water partition coefficient (Wildman–Crippen LogP) is 0.348. The minimum Gasteiger partial charge on any atom is -0.506 e. The number of aliphatic hydroxyl groups is 5. The molecule has 18 heteroatoms. The summed E-state index contributed by atoms with van der Waals surface area (Å²) in [6.07, 6.45) is -10.4. The van der Waals surface area contributed by atoms with Crippen molar-refractivity contribution in [3.63, 3.8) is 0 Å². The Morgan fingerprint density at radius 2 is 1.90 bits per heavy atom. The van der Waals surface area contributed by atoms with Crippen LogP contribution >= 0.6 is 11.6 Å². The molecule has 0 radical (unpaired) electrons. The van der Waals surface area contributed by atoms with Crippen molar-refractivity contribution in [1.29, 1.82) is 0 Å². The van der Waals surface area contributed by atoms with Gasteiger partial charge in [-0.3, -0.25) is 15.0 Å². The van der Waals surface area contributed by atoms with Gasteiger partial charge in [0.25, 0.3) is 0 Å². The van der Waals surface area contributed by atoms with Gasteiger partial charge in [-0.25, -0.2) is 9.59 Å². The van der Waals surface area contributed by atoms with Crippen LogP contribution in [0.2, 0.25) is 5.02 Å². The molecule has 1 aromatic rings. The number of rotatable bonds is 4. The first-order valence-corrected chi connectivity index (χ1v) is 17.1. The predicted molar refractivity (Wildman–Crippen MR) is 181 cm³/mol. The van der Waals surface area contributed by atoms with Crippen molar-refractivity contribution in [2.45, 2.75) is 106 Å². The van der Waals surface area contributed by atoms with Crippen molar-refractivity contribution in [3.05, 3.63) is 46.5 Å². The number of halogens is 1. The molecular formula is C34H46ClN3O14. The zero-order valence-electron chi connectivity index (χ0n) is 29.3. The lowest BCUT2D eigenvalue weighted by Gasteiger charge is -2.45. The van der Waals surface area contributed by atoms with E-state index in [2.05, 4.69) is 10.6 Å². The molecule has 4 heterocycles. The van der Waals surface area contributed by atoms with Gasteiger partial charge < -0.3 is 59.6 Å². The van der Waals surface area contributed by atoms with Crippen LogP contribution in [0, 0.1) is 5.92 Å². The number of nitrogens with zero attached hydrogens (tertiary/aromatic N) is 1. The number of carbonyl (C=O) groups is 3. The van der Waals surface area contributed by atoms with Crippen LogP contribution in [0.15, 0.2) is 35.9 Å². The number of carbonyl (C=O) groups excluding carboxylic acids is 3. The molecule has 4 aliphatic rings. The van der Waals surface area contributed by atoms with Gasteiger partial charge in [-0.05, 0) is 38.0 Å². The minimum absolute atomic E-state index is 0.129. The smallest absolute Gasteiger partial charge is 0.409 e. The summed E-state index contributed by atoms with van der Waals surface area (Å²) in [5.74, 6) is -1.97. The minimum atomic E-state index is -1.95. The first-order chi connectivity index (χ1) is 24.5. The number of hydrogen-bond acceptors (Lipinski definition) is 14. The van der Waals surface area contributed by atoms with Gasteiger partial charge in [0.1, 0.15) is 59.1 Å². The third-order valence-electron chi connectivity index (χ3n) is 10.1. The number of aliphatic hydroxyl groups excluding tert-OH is 4. The van der Waals surface area contributed by atoms with Crippen LogP contribution in [-0.4, -0.2) is 136 Å². The van der Waals surface area contributed by atoms with Gasteiger partial charge in [-0.1, -0.05) is 42.3 Å². The van der Waals surface area contributed by atoms with Gasteiger partial charge >= 0.3 is 12.2 Å². The monoisotopic (exact) mass is 755 g/mol. The second-order valence-corrected chi connectivity index (χ2v) is 14.2. The topological polar surface area (TPSA) is 249 Å². The van der Waals surface area contributed by atoms with Gasteiger partial charge in [0.2, 0.25) is 5.91 Å². The Hall–Kier alpha value is -3.52. The summed E-state index contributed by atoms with van der Waals surface area (Å²) in [5.41, 5.74) is -2.28. The van der Waals surface area contributed by atoms with Crippen LogP contribution in [0.25, 0.3) is 0 Å². The zero-order valence-corrected chi connectivity index (χ0v) is 30.0. The van der Waals surface area contributed by atoms with Crippen molar-refractivity contribution in [1.82, 2.24) is 10.6 Å². The molecule has 52 heavy (non-hydrogen) atoms. The Morgan fingerprint density at radius 3 is 2.56 bits per heavy atom. The average Bonchev–Trinajstić information content (AvgIpc) is 3.79. The molecule has 1 aromatic carbocycles. The second-order valence-electron chi connectivity index (χ2n) is 13.8. The maximum atomic E-state index is 14.6. The molecule has 0 saturated carbocycles. The molecule has 8 N–H and O–H groups in total. The quantitative estimate of drug-likeness (QED) is 0.193. The average molecular weight is 756 g/mol. The van der Waals surface area contributed by atoms with E-state index in [1.54, 1.807) is 39.0 Å². The number of phenolic OH excluding ortho intramolecular Hbond substituents is 1. The number of epoxide rings is 1. The third kappa shape index (κ3) is 7.74. The van der Waals surface area contributed by atoms with Crippen molar-refractivity contribution in [3.8, 4) is 5.75 Å². The van der Waals surface area contributed by atoms with Crippen molar-refractivity contribution in [2.24, 2.45) is 5.92 Å². The lowest BCUT2D eigenvalue weighted by Crippen LogP contribution is -2.64. The van der Waals surface area contributed by atoms with E-state index in [9.17, 15) is 45.0 Å². The SMILES string of the molecule is CNC(=O)O[C@H]1CC(=O)N([C@H]2O[C@@H](CO)[C@H](O)[C@@H](O)[C@@H]2O)c2cc(cc(O)c2Cl)C/C(C)=C/C=C/[C@@H](OC)[C@@]2(O)C[C@H](OC(=O)N2)[C@@H](C)[C@H]2O[C@@]12C. The number of methoxy groups -OCH3 is 1. The number of aromatic hydroxyl groups is 1. The number of allylic oxidation sites excluding steroid dienone is 3. The number of amides is 3. The molecule has 0 aliphatic carbocycles. The van der Waals surface area contributed by atoms with Crippen LogP contribution in [0.3, 0.4) is 0 Å². The molecule has 288 valence electrons. The first kappa shape index (κ1) is 39.7. The number of alkyl carbamates (subject to hydrolysis) is 2. The molecule has 17 nitrogen and oxygen atoms in total. The van der Waals surface area contributed by atoms with E-state index in [1.165, 1.54) is 26.3 Å².